The molecule has 0 aromatic carbocycles. The van der Waals surface area contributed by atoms with Gasteiger partial charge in [-0.05, 0) is 50.0 Å². The monoisotopic (exact) mass is 242 g/mol. The number of hydrogen-bond acceptors (Lipinski definition) is 3. The van der Waals surface area contributed by atoms with Gasteiger partial charge in [0, 0.05) is 11.2 Å². The lowest BCUT2D eigenvalue weighted by molar-refractivity contribution is -0.123. The molecule has 1 saturated carbocycles. The standard InChI is InChI=1S/C12H18OS2/c13-10-4-1-5-11(6-2-8-14-11)12(10)7-3-9-15-12/h1-9H2/t11?,12-/m0/s1. The minimum Gasteiger partial charge on any atom is -0.298 e. The summed E-state index contributed by atoms with van der Waals surface area (Å²) >= 11 is 4.12. The van der Waals surface area contributed by atoms with Gasteiger partial charge in [0.15, 0.2) is 0 Å². The van der Waals surface area contributed by atoms with E-state index in [4.69, 9.17) is 0 Å². The van der Waals surface area contributed by atoms with Crippen molar-refractivity contribution in [1.29, 1.82) is 0 Å². The molecule has 1 nitrogen and oxygen atoms in total. The van der Waals surface area contributed by atoms with E-state index in [1.807, 2.05) is 11.8 Å². The summed E-state index contributed by atoms with van der Waals surface area (Å²) in [5, 5.41) is 0. The highest BCUT2D eigenvalue weighted by molar-refractivity contribution is 8.05. The van der Waals surface area contributed by atoms with Gasteiger partial charge < -0.3 is 0 Å². The maximum atomic E-state index is 12.3. The van der Waals surface area contributed by atoms with E-state index in [1.54, 1.807) is 0 Å². The molecule has 2 heterocycles. The van der Waals surface area contributed by atoms with E-state index < -0.39 is 0 Å². The predicted molar refractivity (Wildman–Crippen MR) is 67.7 cm³/mol. The van der Waals surface area contributed by atoms with Crippen LogP contribution < -0.4 is 0 Å². The van der Waals surface area contributed by atoms with Gasteiger partial charge >= 0.3 is 0 Å². The number of carbonyl (C=O) groups is 1. The SMILES string of the molecule is O=C1CCCC2(CCCS2)[C@]12CCCS2. The van der Waals surface area contributed by atoms with Crippen LogP contribution in [0, 0.1) is 0 Å². The molecule has 0 bridgehead atoms. The molecule has 2 atom stereocenters. The summed E-state index contributed by atoms with van der Waals surface area (Å²) in [6.45, 7) is 0. The molecule has 0 aromatic heterocycles. The fourth-order valence-electron chi connectivity index (χ4n) is 3.62. The number of hydrogen-bond donors (Lipinski definition) is 0. The molecule has 2 spiro atoms. The van der Waals surface area contributed by atoms with Crippen LogP contribution in [0.15, 0.2) is 0 Å². The quantitative estimate of drug-likeness (QED) is 0.649. The van der Waals surface area contributed by atoms with Crippen LogP contribution >= 0.6 is 23.5 Å². The van der Waals surface area contributed by atoms with Gasteiger partial charge in [0.05, 0.1) is 4.75 Å². The summed E-state index contributed by atoms with van der Waals surface area (Å²) in [4.78, 5) is 12.3. The Morgan fingerprint density at radius 3 is 2.33 bits per heavy atom. The third kappa shape index (κ3) is 1.35. The first-order valence-corrected chi connectivity index (χ1v) is 8.08. The molecule has 3 heteroatoms. The molecule has 2 aliphatic heterocycles. The number of ketones is 1. The zero-order chi connectivity index (χ0) is 10.4. The normalized spacial score (nSPS) is 45.7. The molecule has 0 N–H and O–H groups in total. The Bertz CT molecular complexity index is 275. The highest BCUT2D eigenvalue weighted by Crippen LogP contribution is 2.61. The summed E-state index contributed by atoms with van der Waals surface area (Å²) in [6, 6.07) is 0. The maximum Gasteiger partial charge on any atom is 0.150 e. The second kappa shape index (κ2) is 3.69. The van der Waals surface area contributed by atoms with Gasteiger partial charge in [0.1, 0.15) is 5.78 Å². The molecule has 3 aliphatic rings. The lowest BCUT2D eigenvalue weighted by Crippen LogP contribution is -2.54. The number of thioether (sulfide) groups is 2. The molecule has 0 amide bonds. The minimum atomic E-state index is 0.0480. The Balaban J connectivity index is 2.00. The Morgan fingerprint density at radius 2 is 1.67 bits per heavy atom. The smallest absolute Gasteiger partial charge is 0.150 e. The molecule has 3 fully saturated rings. The third-order valence-electron chi connectivity index (χ3n) is 4.30. The van der Waals surface area contributed by atoms with Crippen molar-refractivity contribution < 1.29 is 4.79 Å². The highest BCUT2D eigenvalue weighted by Gasteiger charge is 2.60. The van der Waals surface area contributed by atoms with Crippen molar-refractivity contribution in [1.82, 2.24) is 0 Å². The number of fused-ring (bicyclic) bond motifs is 1. The third-order valence-corrected chi connectivity index (χ3v) is 8.04. The Kier molecular flexibility index (Phi) is 2.59. The molecule has 1 aliphatic carbocycles. The van der Waals surface area contributed by atoms with E-state index in [9.17, 15) is 4.79 Å². The van der Waals surface area contributed by atoms with Gasteiger partial charge in [-0.15, -0.1) is 11.8 Å². The maximum absolute atomic E-state index is 12.3. The van der Waals surface area contributed by atoms with Gasteiger partial charge in [-0.3, -0.25) is 4.79 Å². The average molecular weight is 242 g/mol. The number of Topliss-reactive ketones (excluding diaryl/α,β-unsaturated/α-hetero) is 1. The second-order valence-electron chi connectivity index (χ2n) is 5.00. The first kappa shape index (κ1) is 10.5. The van der Waals surface area contributed by atoms with Crippen LogP contribution in [-0.4, -0.2) is 26.8 Å². The van der Waals surface area contributed by atoms with Crippen molar-refractivity contribution in [2.24, 2.45) is 0 Å². The Morgan fingerprint density at radius 1 is 0.933 bits per heavy atom. The van der Waals surface area contributed by atoms with Crippen LogP contribution in [0.2, 0.25) is 0 Å². The molecule has 15 heavy (non-hydrogen) atoms. The van der Waals surface area contributed by atoms with E-state index in [1.165, 1.54) is 43.6 Å². The molecule has 1 unspecified atom stereocenters. The van der Waals surface area contributed by atoms with Crippen molar-refractivity contribution in [3.05, 3.63) is 0 Å². The van der Waals surface area contributed by atoms with Gasteiger partial charge in [-0.1, -0.05) is 0 Å². The van der Waals surface area contributed by atoms with E-state index in [0.717, 1.165) is 12.8 Å². The molecule has 84 valence electrons. The highest BCUT2D eigenvalue weighted by atomic mass is 32.2. The minimum absolute atomic E-state index is 0.0480. The van der Waals surface area contributed by atoms with Crippen LogP contribution in [-0.2, 0) is 4.79 Å². The van der Waals surface area contributed by atoms with Crippen LogP contribution in [0.5, 0.6) is 0 Å². The van der Waals surface area contributed by atoms with Crippen molar-refractivity contribution in [2.45, 2.75) is 54.4 Å². The zero-order valence-corrected chi connectivity index (χ0v) is 10.7. The Hall–Kier alpha value is 0.370. The van der Waals surface area contributed by atoms with E-state index in [0.29, 0.717) is 10.5 Å². The topological polar surface area (TPSA) is 17.1 Å². The molecular formula is C12H18OS2. The summed E-state index contributed by atoms with van der Waals surface area (Å²) in [5.41, 5.74) is 0. The summed E-state index contributed by atoms with van der Waals surface area (Å²) < 4.78 is 0.399. The van der Waals surface area contributed by atoms with Gasteiger partial charge in [-0.2, -0.15) is 11.8 Å². The van der Waals surface area contributed by atoms with Crippen LogP contribution in [0.25, 0.3) is 0 Å². The van der Waals surface area contributed by atoms with E-state index in [2.05, 4.69) is 11.8 Å². The van der Waals surface area contributed by atoms with Gasteiger partial charge in [0.25, 0.3) is 0 Å². The second-order valence-corrected chi connectivity index (χ2v) is 7.87. The number of carbonyl (C=O) groups excluding carboxylic acids is 1. The van der Waals surface area contributed by atoms with Crippen LogP contribution in [0.3, 0.4) is 0 Å². The average Bonchev–Trinajstić information content (AvgIpc) is 2.84. The van der Waals surface area contributed by atoms with Crippen LogP contribution in [0.1, 0.15) is 44.9 Å². The molecule has 0 radical (unpaired) electrons. The summed E-state index contributed by atoms with van der Waals surface area (Å²) in [5.74, 6) is 3.09. The fourth-order valence-corrected chi connectivity index (χ4v) is 7.34. The van der Waals surface area contributed by atoms with Gasteiger partial charge in [0.2, 0.25) is 0 Å². The zero-order valence-electron chi connectivity index (χ0n) is 9.09. The van der Waals surface area contributed by atoms with Crippen molar-refractivity contribution in [3.63, 3.8) is 0 Å². The van der Waals surface area contributed by atoms with Crippen molar-refractivity contribution >= 4 is 29.3 Å². The summed E-state index contributed by atoms with van der Waals surface area (Å²) in [6.07, 6.45) is 8.37. The fraction of sp³-hybridized carbons (Fsp3) is 0.917. The van der Waals surface area contributed by atoms with Crippen LogP contribution in [0.4, 0.5) is 0 Å². The lowest BCUT2D eigenvalue weighted by Gasteiger charge is -2.47. The summed E-state index contributed by atoms with van der Waals surface area (Å²) in [7, 11) is 0. The first-order chi connectivity index (χ1) is 7.29. The Labute approximate surface area is 100 Å². The van der Waals surface area contributed by atoms with E-state index in [-0.39, 0.29) is 4.75 Å². The molecule has 2 saturated heterocycles. The predicted octanol–water partition coefficient (Wildman–Crippen LogP) is 3.27. The first-order valence-electron chi connectivity index (χ1n) is 6.10. The molecule has 3 rings (SSSR count). The van der Waals surface area contributed by atoms with Gasteiger partial charge in [-0.25, -0.2) is 0 Å². The van der Waals surface area contributed by atoms with Crippen molar-refractivity contribution in [2.75, 3.05) is 11.5 Å². The molecular weight excluding hydrogens is 224 g/mol. The lowest BCUT2D eigenvalue weighted by atomic mass is 9.73. The number of rotatable bonds is 0. The largest absolute Gasteiger partial charge is 0.298 e. The van der Waals surface area contributed by atoms with E-state index >= 15 is 0 Å². The molecule has 0 aromatic rings. The van der Waals surface area contributed by atoms with Crippen molar-refractivity contribution in [3.8, 4) is 0 Å².